The van der Waals surface area contributed by atoms with E-state index < -0.39 is 0 Å². The summed E-state index contributed by atoms with van der Waals surface area (Å²) < 4.78 is 15.5. The molecule has 1 saturated heterocycles. The van der Waals surface area contributed by atoms with Gasteiger partial charge in [-0.2, -0.15) is 0 Å². The van der Waals surface area contributed by atoms with Gasteiger partial charge in [0.05, 0.1) is 33.0 Å². The molecule has 0 aromatic carbocycles. The number of hydrogen-bond acceptors (Lipinski definition) is 4. The number of ether oxygens (including phenoxy) is 3. The summed E-state index contributed by atoms with van der Waals surface area (Å²) in [5.41, 5.74) is 5.62. The fourth-order valence-corrected chi connectivity index (χ4v) is 1.18. The minimum Gasteiger partial charge on any atom is -0.383 e. The first-order chi connectivity index (χ1) is 7.33. The van der Waals surface area contributed by atoms with Gasteiger partial charge < -0.3 is 25.3 Å². The van der Waals surface area contributed by atoms with Crippen molar-refractivity contribution in [3.05, 3.63) is 0 Å². The molecule has 0 aromatic rings. The Balaban J connectivity index is 2.11. The summed E-state index contributed by atoms with van der Waals surface area (Å²) in [4.78, 5) is 4.14. The van der Waals surface area contributed by atoms with Gasteiger partial charge >= 0.3 is 0 Å². The lowest BCUT2D eigenvalue weighted by molar-refractivity contribution is -0.0832. The Morgan fingerprint density at radius 2 is 2.47 bits per heavy atom. The Labute approximate surface area is 89.8 Å². The number of nitrogens with two attached hydrogens (primary N) is 1. The van der Waals surface area contributed by atoms with Crippen molar-refractivity contribution in [3.8, 4) is 0 Å². The first-order valence-corrected chi connectivity index (χ1v) is 5.05. The van der Waals surface area contributed by atoms with Gasteiger partial charge in [-0.15, -0.1) is 0 Å². The zero-order valence-electron chi connectivity index (χ0n) is 9.07. The van der Waals surface area contributed by atoms with Crippen LogP contribution in [0.5, 0.6) is 0 Å². The second-order valence-corrected chi connectivity index (χ2v) is 3.21. The van der Waals surface area contributed by atoms with Crippen molar-refractivity contribution in [2.75, 3.05) is 46.6 Å². The average molecular weight is 217 g/mol. The number of rotatable bonds is 5. The molecule has 1 rings (SSSR count). The van der Waals surface area contributed by atoms with E-state index in [9.17, 15) is 0 Å². The molecule has 1 heterocycles. The summed E-state index contributed by atoms with van der Waals surface area (Å²) in [5, 5.41) is 2.93. The number of aliphatic imine (C=N–C) groups is 1. The Morgan fingerprint density at radius 1 is 1.60 bits per heavy atom. The van der Waals surface area contributed by atoms with Crippen molar-refractivity contribution in [3.63, 3.8) is 0 Å². The maximum Gasteiger partial charge on any atom is 0.188 e. The van der Waals surface area contributed by atoms with Gasteiger partial charge in [0.25, 0.3) is 0 Å². The third-order valence-electron chi connectivity index (χ3n) is 1.96. The summed E-state index contributed by atoms with van der Waals surface area (Å²) >= 11 is 0. The summed E-state index contributed by atoms with van der Waals surface area (Å²) in [6, 6.07) is 0. The second-order valence-electron chi connectivity index (χ2n) is 3.21. The second kappa shape index (κ2) is 7.44. The van der Waals surface area contributed by atoms with Crippen LogP contribution in [-0.2, 0) is 14.2 Å². The molecule has 88 valence electrons. The molecular weight excluding hydrogens is 198 g/mol. The molecule has 3 N–H and O–H groups in total. The number of guanidine groups is 1. The van der Waals surface area contributed by atoms with Crippen LogP contribution in [0, 0.1) is 0 Å². The monoisotopic (exact) mass is 217 g/mol. The van der Waals surface area contributed by atoms with Crippen molar-refractivity contribution in [2.45, 2.75) is 6.10 Å². The minimum atomic E-state index is 0.0292. The first kappa shape index (κ1) is 12.2. The van der Waals surface area contributed by atoms with Gasteiger partial charge in [0, 0.05) is 13.7 Å². The van der Waals surface area contributed by atoms with Crippen LogP contribution in [0.2, 0.25) is 0 Å². The average Bonchev–Trinajstić information content (AvgIpc) is 2.28. The molecule has 0 saturated carbocycles. The van der Waals surface area contributed by atoms with Gasteiger partial charge in [0.1, 0.15) is 6.10 Å². The van der Waals surface area contributed by atoms with Crippen molar-refractivity contribution in [1.29, 1.82) is 0 Å². The van der Waals surface area contributed by atoms with E-state index in [2.05, 4.69) is 10.3 Å². The molecule has 6 nitrogen and oxygen atoms in total. The Kier molecular flexibility index (Phi) is 6.06. The van der Waals surface area contributed by atoms with Gasteiger partial charge in [0.15, 0.2) is 5.96 Å². The van der Waals surface area contributed by atoms with Crippen LogP contribution in [0.1, 0.15) is 0 Å². The Hall–Kier alpha value is -0.850. The van der Waals surface area contributed by atoms with E-state index in [4.69, 9.17) is 19.9 Å². The summed E-state index contributed by atoms with van der Waals surface area (Å²) in [6.07, 6.45) is 0.0292. The third kappa shape index (κ3) is 5.56. The molecule has 1 unspecified atom stereocenters. The van der Waals surface area contributed by atoms with Crippen LogP contribution < -0.4 is 11.1 Å². The van der Waals surface area contributed by atoms with Crippen LogP contribution in [-0.4, -0.2) is 58.7 Å². The number of hydrogen-bond donors (Lipinski definition) is 2. The van der Waals surface area contributed by atoms with E-state index in [1.165, 1.54) is 0 Å². The van der Waals surface area contributed by atoms with E-state index in [0.717, 1.165) is 0 Å². The molecule has 0 aromatic heterocycles. The van der Waals surface area contributed by atoms with Crippen LogP contribution in [0.15, 0.2) is 4.99 Å². The normalized spacial score (nSPS) is 22.7. The van der Waals surface area contributed by atoms with Crippen molar-refractivity contribution in [1.82, 2.24) is 5.32 Å². The lowest BCUT2D eigenvalue weighted by Crippen LogP contribution is -2.36. The largest absolute Gasteiger partial charge is 0.383 e. The maximum absolute atomic E-state index is 5.62. The highest BCUT2D eigenvalue weighted by atomic mass is 16.6. The van der Waals surface area contributed by atoms with Crippen molar-refractivity contribution < 1.29 is 14.2 Å². The SMILES string of the molecule is COCCNC(N)=NCC1COCCO1. The summed E-state index contributed by atoms with van der Waals surface area (Å²) in [6.45, 7) is 3.70. The molecule has 1 fully saturated rings. The molecule has 1 aliphatic rings. The molecule has 1 aliphatic heterocycles. The molecule has 6 heteroatoms. The fraction of sp³-hybridized carbons (Fsp3) is 0.889. The van der Waals surface area contributed by atoms with Crippen LogP contribution in [0.4, 0.5) is 0 Å². The Morgan fingerprint density at radius 3 is 3.13 bits per heavy atom. The maximum atomic E-state index is 5.62. The van der Waals surface area contributed by atoms with Gasteiger partial charge in [-0.05, 0) is 0 Å². The fourth-order valence-electron chi connectivity index (χ4n) is 1.18. The minimum absolute atomic E-state index is 0.0292. The zero-order valence-corrected chi connectivity index (χ0v) is 9.07. The van der Waals surface area contributed by atoms with Gasteiger partial charge in [0.2, 0.25) is 0 Å². The number of nitrogens with zero attached hydrogens (tertiary/aromatic N) is 1. The van der Waals surface area contributed by atoms with Crippen LogP contribution in [0.3, 0.4) is 0 Å². The van der Waals surface area contributed by atoms with Gasteiger partial charge in [-0.25, -0.2) is 0 Å². The molecule has 0 radical (unpaired) electrons. The molecule has 0 bridgehead atoms. The topological polar surface area (TPSA) is 78.1 Å². The highest BCUT2D eigenvalue weighted by Crippen LogP contribution is 2.00. The predicted octanol–water partition coefficient (Wildman–Crippen LogP) is -1.05. The third-order valence-corrected chi connectivity index (χ3v) is 1.96. The summed E-state index contributed by atoms with van der Waals surface area (Å²) in [5.74, 6) is 0.418. The van der Waals surface area contributed by atoms with Gasteiger partial charge in [-0.3, -0.25) is 4.99 Å². The number of nitrogens with one attached hydrogen (secondary N) is 1. The lowest BCUT2D eigenvalue weighted by atomic mass is 10.3. The van der Waals surface area contributed by atoms with Crippen LogP contribution in [0.25, 0.3) is 0 Å². The van der Waals surface area contributed by atoms with E-state index in [0.29, 0.717) is 45.5 Å². The van der Waals surface area contributed by atoms with E-state index >= 15 is 0 Å². The summed E-state index contributed by atoms with van der Waals surface area (Å²) in [7, 11) is 1.64. The van der Waals surface area contributed by atoms with Crippen molar-refractivity contribution >= 4 is 5.96 Å². The molecule has 0 aliphatic carbocycles. The van der Waals surface area contributed by atoms with Crippen LogP contribution >= 0.6 is 0 Å². The predicted molar refractivity (Wildman–Crippen MR) is 56.9 cm³/mol. The quantitative estimate of drug-likeness (QED) is 0.349. The molecule has 1 atom stereocenters. The van der Waals surface area contributed by atoms with E-state index in [1.54, 1.807) is 7.11 Å². The van der Waals surface area contributed by atoms with E-state index in [1.807, 2.05) is 0 Å². The first-order valence-electron chi connectivity index (χ1n) is 5.05. The molecule has 15 heavy (non-hydrogen) atoms. The molecule has 0 amide bonds. The Bertz CT molecular complexity index is 193. The highest BCUT2D eigenvalue weighted by Gasteiger charge is 2.13. The lowest BCUT2D eigenvalue weighted by Gasteiger charge is -2.21. The molecule has 0 spiro atoms. The zero-order chi connectivity index (χ0) is 10.9. The smallest absolute Gasteiger partial charge is 0.188 e. The van der Waals surface area contributed by atoms with E-state index in [-0.39, 0.29) is 6.10 Å². The highest BCUT2D eigenvalue weighted by molar-refractivity contribution is 5.77. The van der Waals surface area contributed by atoms with Gasteiger partial charge in [-0.1, -0.05) is 0 Å². The number of methoxy groups -OCH3 is 1. The van der Waals surface area contributed by atoms with Crippen molar-refractivity contribution in [2.24, 2.45) is 10.7 Å². The standard InChI is InChI=1S/C9H19N3O3/c1-13-3-2-11-9(10)12-6-8-7-14-4-5-15-8/h8H,2-7H2,1H3,(H3,10,11,12). The molecular formula is C9H19N3O3.